The first kappa shape index (κ1) is 16.0. The van der Waals surface area contributed by atoms with Crippen LogP contribution in [0.5, 0.6) is 0 Å². The lowest BCUT2D eigenvalue weighted by Gasteiger charge is -1.99. The second-order valence-corrected chi connectivity index (χ2v) is 4.14. The van der Waals surface area contributed by atoms with Crippen molar-refractivity contribution in [2.75, 3.05) is 6.61 Å². The molecule has 0 N–H and O–H groups in total. The summed E-state index contributed by atoms with van der Waals surface area (Å²) in [5.41, 5.74) is 0. The maximum atomic E-state index is 10.5. The van der Waals surface area contributed by atoms with Gasteiger partial charge in [-0.3, -0.25) is 4.79 Å². The first-order valence-electron chi connectivity index (χ1n) is 6.70. The van der Waals surface area contributed by atoms with Gasteiger partial charge in [0.2, 0.25) is 0 Å². The molecule has 0 aliphatic carbocycles. The van der Waals surface area contributed by atoms with Gasteiger partial charge in [0.15, 0.2) is 0 Å². The number of esters is 1. The van der Waals surface area contributed by atoms with Gasteiger partial charge >= 0.3 is 5.97 Å². The third kappa shape index (κ3) is 14.9. The minimum atomic E-state index is -0.181. The lowest BCUT2D eigenvalue weighted by molar-refractivity contribution is -0.141. The summed E-state index contributed by atoms with van der Waals surface area (Å²) in [5.74, 6) is -0.181. The molecule has 0 heterocycles. The zero-order chi connectivity index (χ0) is 12.8. The van der Waals surface area contributed by atoms with Gasteiger partial charge < -0.3 is 4.74 Å². The molecule has 0 fully saturated rings. The lowest BCUT2D eigenvalue weighted by atomic mass is 10.2. The molecular formula is C15H26O2. The molecule has 0 radical (unpaired) electrons. The van der Waals surface area contributed by atoms with Crippen LogP contribution in [0, 0.1) is 0 Å². The summed E-state index contributed by atoms with van der Waals surface area (Å²) in [6.45, 7) is 4.20. The molecule has 0 aromatic carbocycles. The quantitative estimate of drug-likeness (QED) is 0.320. The Morgan fingerprint density at radius 2 is 1.53 bits per heavy atom. The summed E-state index contributed by atoms with van der Waals surface area (Å²) in [4.78, 5) is 10.5. The predicted molar refractivity (Wildman–Crippen MR) is 72.9 cm³/mol. The van der Waals surface area contributed by atoms with Gasteiger partial charge in [0, 0.05) is 6.92 Å². The van der Waals surface area contributed by atoms with Gasteiger partial charge in [-0.25, -0.2) is 0 Å². The van der Waals surface area contributed by atoms with Crippen molar-refractivity contribution in [3.05, 3.63) is 24.3 Å². The molecule has 2 heteroatoms. The van der Waals surface area contributed by atoms with Crippen LogP contribution in [-0.4, -0.2) is 12.6 Å². The highest BCUT2D eigenvalue weighted by atomic mass is 16.5. The molecule has 0 bridgehead atoms. The van der Waals surface area contributed by atoms with E-state index in [1.807, 2.05) is 0 Å². The molecule has 0 aliphatic rings. The molecule has 98 valence electrons. The Bertz CT molecular complexity index is 229. The van der Waals surface area contributed by atoms with Gasteiger partial charge in [0.05, 0.1) is 6.61 Å². The van der Waals surface area contributed by atoms with Crippen LogP contribution in [0.3, 0.4) is 0 Å². The van der Waals surface area contributed by atoms with E-state index in [1.54, 1.807) is 0 Å². The van der Waals surface area contributed by atoms with Crippen LogP contribution in [0.25, 0.3) is 0 Å². The average molecular weight is 238 g/mol. The van der Waals surface area contributed by atoms with Crippen molar-refractivity contribution in [1.82, 2.24) is 0 Å². The smallest absolute Gasteiger partial charge is 0.302 e. The first-order chi connectivity index (χ1) is 8.27. The number of hydrogen-bond acceptors (Lipinski definition) is 2. The zero-order valence-electron chi connectivity index (χ0n) is 11.3. The molecule has 0 atom stereocenters. The van der Waals surface area contributed by atoms with Crippen molar-refractivity contribution in [1.29, 1.82) is 0 Å². The molecule has 2 nitrogen and oxygen atoms in total. The lowest BCUT2D eigenvalue weighted by Crippen LogP contribution is -1.99. The van der Waals surface area contributed by atoms with Crippen molar-refractivity contribution < 1.29 is 9.53 Å². The van der Waals surface area contributed by atoms with Crippen molar-refractivity contribution >= 4 is 5.97 Å². The summed E-state index contributed by atoms with van der Waals surface area (Å²) in [6, 6.07) is 0. The van der Waals surface area contributed by atoms with E-state index >= 15 is 0 Å². The Morgan fingerprint density at radius 3 is 2.12 bits per heavy atom. The van der Waals surface area contributed by atoms with E-state index < -0.39 is 0 Å². The van der Waals surface area contributed by atoms with Crippen molar-refractivity contribution in [2.45, 2.75) is 58.8 Å². The summed E-state index contributed by atoms with van der Waals surface area (Å²) in [7, 11) is 0. The Balaban J connectivity index is 3.17. The van der Waals surface area contributed by atoms with Crippen LogP contribution in [0.1, 0.15) is 58.8 Å². The molecular weight excluding hydrogens is 212 g/mol. The molecule has 0 aliphatic heterocycles. The Morgan fingerprint density at radius 1 is 0.941 bits per heavy atom. The molecule has 0 amide bonds. The molecule has 0 aromatic heterocycles. The van der Waals surface area contributed by atoms with E-state index in [1.165, 1.54) is 19.8 Å². The van der Waals surface area contributed by atoms with Gasteiger partial charge in [-0.2, -0.15) is 0 Å². The van der Waals surface area contributed by atoms with E-state index in [0.29, 0.717) is 6.61 Å². The zero-order valence-corrected chi connectivity index (χ0v) is 11.3. The van der Waals surface area contributed by atoms with Crippen LogP contribution >= 0.6 is 0 Å². The van der Waals surface area contributed by atoms with E-state index in [0.717, 1.165) is 32.1 Å². The molecule has 0 saturated carbocycles. The predicted octanol–water partition coefficient (Wildman–Crippen LogP) is 4.41. The van der Waals surface area contributed by atoms with Crippen LogP contribution in [0.4, 0.5) is 0 Å². The Labute approximate surface area is 106 Å². The largest absolute Gasteiger partial charge is 0.466 e. The van der Waals surface area contributed by atoms with Crippen molar-refractivity contribution in [2.24, 2.45) is 0 Å². The fourth-order valence-corrected chi connectivity index (χ4v) is 1.41. The molecule has 0 spiro atoms. The number of carbonyl (C=O) groups excluding carboxylic acids is 1. The first-order valence-corrected chi connectivity index (χ1v) is 6.70. The summed E-state index contributed by atoms with van der Waals surface area (Å²) in [5, 5.41) is 0. The van der Waals surface area contributed by atoms with E-state index in [9.17, 15) is 4.79 Å². The van der Waals surface area contributed by atoms with Gasteiger partial charge in [-0.15, -0.1) is 0 Å². The van der Waals surface area contributed by atoms with Crippen molar-refractivity contribution in [3.8, 4) is 0 Å². The summed E-state index contributed by atoms with van der Waals surface area (Å²) < 4.78 is 4.85. The normalized spacial score (nSPS) is 11.4. The molecule has 0 saturated heterocycles. The Kier molecular flexibility index (Phi) is 12.2. The van der Waals surface area contributed by atoms with Crippen LogP contribution < -0.4 is 0 Å². The molecule has 0 aromatic rings. The Hall–Kier alpha value is -1.05. The molecule has 0 unspecified atom stereocenters. The van der Waals surface area contributed by atoms with Crippen LogP contribution in [0.2, 0.25) is 0 Å². The average Bonchev–Trinajstić information content (AvgIpc) is 2.30. The number of unbranched alkanes of at least 4 members (excludes halogenated alkanes) is 4. The summed E-state index contributed by atoms with van der Waals surface area (Å²) >= 11 is 0. The summed E-state index contributed by atoms with van der Waals surface area (Å²) in [6.07, 6.45) is 16.8. The van der Waals surface area contributed by atoms with Crippen LogP contribution in [0.15, 0.2) is 24.3 Å². The third-order valence-corrected chi connectivity index (χ3v) is 2.36. The second kappa shape index (κ2) is 13.0. The number of ether oxygens (including phenoxy) is 1. The van der Waals surface area contributed by atoms with Crippen molar-refractivity contribution in [3.63, 3.8) is 0 Å². The fourth-order valence-electron chi connectivity index (χ4n) is 1.41. The number of rotatable bonds is 10. The highest BCUT2D eigenvalue weighted by molar-refractivity contribution is 5.65. The maximum absolute atomic E-state index is 10.5. The third-order valence-electron chi connectivity index (χ3n) is 2.36. The van der Waals surface area contributed by atoms with Gasteiger partial charge in [0.25, 0.3) is 0 Å². The van der Waals surface area contributed by atoms with Gasteiger partial charge in [-0.05, 0) is 38.5 Å². The minimum Gasteiger partial charge on any atom is -0.466 e. The number of allylic oxidation sites excluding steroid dienone is 4. The van der Waals surface area contributed by atoms with Gasteiger partial charge in [-0.1, -0.05) is 37.6 Å². The fraction of sp³-hybridized carbons (Fsp3) is 0.667. The minimum absolute atomic E-state index is 0.181. The van der Waals surface area contributed by atoms with Gasteiger partial charge in [0.1, 0.15) is 0 Å². The molecule has 17 heavy (non-hydrogen) atoms. The van der Waals surface area contributed by atoms with E-state index in [2.05, 4.69) is 31.2 Å². The standard InChI is InChI=1S/C15H26O2/c1-3-4-5-6-7-8-9-10-11-12-13-14-17-15(2)16/h5-6,9-10H,3-4,7-8,11-14H2,1-2H3/b6-5+,10-9-. The maximum Gasteiger partial charge on any atom is 0.302 e. The van der Waals surface area contributed by atoms with E-state index in [-0.39, 0.29) is 5.97 Å². The highest BCUT2D eigenvalue weighted by Gasteiger charge is 1.91. The SMILES string of the molecule is CCC/C=C/CC/C=C\CCCCOC(C)=O. The number of carbonyl (C=O) groups is 1. The second-order valence-electron chi connectivity index (χ2n) is 4.14. The number of hydrogen-bond donors (Lipinski definition) is 0. The topological polar surface area (TPSA) is 26.3 Å². The van der Waals surface area contributed by atoms with Crippen LogP contribution in [-0.2, 0) is 9.53 Å². The highest BCUT2D eigenvalue weighted by Crippen LogP contribution is 2.00. The van der Waals surface area contributed by atoms with E-state index in [4.69, 9.17) is 4.74 Å². The monoisotopic (exact) mass is 238 g/mol. The molecule has 0 rings (SSSR count).